The largest absolute Gasteiger partial charge is 0.504 e. The number of nitrogens with zero attached hydrogens (tertiary/aromatic N) is 2. The van der Waals surface area contributed by atoms with Crippen molar-refractivity contribution in [3.05, 3.63) is 71.8 Å². The van der Waals surface area contributed by atoms with E-state index >= 15 is 0 Å². The minimum Gasteiger partial charge on any atom is -0.504 e. The Balaban J connectivity index is 1.91. The van der Waals surface area contributed by atoms with Crippen molar-refractivity contribution >= 4 is 34.3 Å². The summed E-state index contributed by atoms with van der Waals surface area (Å²) in [6, 6.07) is 19.1. The highest BCUT2D eigenvalue weighted by molar-refractivity contribution is 6.08. The van der Waals surface area contributed by atoms with Gasteiger partial charge >= 0.3 is 0 Å². The molecule has 0 aliphatic rings. The number of carbonyl (C=O) groups excluding carboxylic acids is 1. The van der Waals surface area contributed by atoms with Gasteiger partial charge in [0.2, 0.25) is 0 Å². The van der Waals surface area contributed by atoms with Crippen LogP contribution in [0.25, 0.3) is 21.8 Å². The van der Waals surface area contributed by atoms with Gasteiger partial charge in [-0.1, -0.05) is 36.4 Å². The third-order valence-electron chi connectivity index (χ3n) is 4.35. The topological polar surface area (TPSA) is 63.8 Å². The van der Waals surface area contributed by atoms with Crippen LogP contribution in [0.2, 0.25) is 0 Å². The molecule has 128 valence electrons. The van der Waals surface area contributed by atoms with Gasteiger partial charge in [0, 0.05) is 21.9 Å². The molecule has 0 unspecified atom stereocenters. The summed E-state index contributed by atoms with van der Waals surface area (Å²) in [5.41, 5.74) is 2.74. The van der Waals surface area contributed by atoms with Crippen molar-refractivity contribution in [3.8, 4) is 11.5 Å². The van der Waals surface area contributed by atoms with E-state index in [1.54, 1.807) is 6.07 Å². The van der Waals surface area contributed by atoms with Crippen LogP contribution in [0.1, 0.15) is 15.9 Å². The minimum atomic E-state index is -0.0531. The number of ether oxygens (including phenoxy) is 1. The minimum absolute atomic E-state index is 0.0531. The van der Waals surface area contributed by atoms with Gasteiger partial charge in [0.15, 0.2) is 11.5 Å². The smallest absolute Gasteiger partial charge is 0.166 e. The van der Waals surface area contributed by atoms with Crippen LogP contribution in [0.15, 0.2) is 65.8 Å². The molecule has 3 aromatic carbocycles. The van der Waals surface area contributed by atoms with Crippen LogP contribution < -0.4 is 4.74 Å². The number of aromatic hydroxyl groups is 1. The van der Waals surface area contributed by atoms with Crippen LogP contribution in [0.3, 0.4) is 0 Å². The zero-order valence-electron chi connectivity index (χ0n) is 14.1. The fraction of sp³-hybridized carbons (Fsp3) is 0.0476. The summed E-state index contributed by atoms with van der Waals surface area (Å²) in [5.74, 6) is 0.181. The molecule has 1 N–H and O–H groups in total. The molecule has 0 spiro atoms. The first-order valence-electron chi connectivity index (χ1n) is 8.11. The first kappa shape index (κ1) is 15.9. The molecule has 0 saturated carbocycles. The maximum absolute atomic E-state index is 11.1. The summed E-state index contributed by atoms with van der Waals surface area (Å²) in [4.78, 5) is 11.1. The van der Waals surface area contributed by atoms with Crippen molar-refractivity contribution in [1.82, 2.24) is 4.68 Å². The normalized spacial score (nSPS) is 11.4. The third-order valence-corrected chi connectivity index (χ3v) is 4.35. The van der Waals surface area contributed by atoms with Gasteiger partial charge < -0.3 is 9.84 Å². The predicted octanol–water partition coefficient (Wildman–Crippen LogP) is 4.20. The molecule has 0 bridgehead atoms. The Morgan fingerprint density at radius 1 is 1.00 bits per heavy atom. The van der Waals surface area contributed by atoms with E-state index in [1.807, 2.05) is 41.1 Å². The predicted molar refractivity (Wildman–Crippen MR) is 102 cm³/mol. The van der Waals surface area contributed by atoms with Crippen LogP contribution in [0.5, 0.6) is 11.5 Å². The Morgan fingerprint density at radius 3 is 2.19 bits per heavy atom. The molecular formula is C21H16N2O3. The highest BCUT2D eigenvalue weighted by Gasteiger charge is 2.11. The lowest BCUT2D eigenvalue weighted by molar-refractivity contribution is 0.112. The van der Waals surface area contributed by atoms with E-state index in [0.717, 1.165) is 21.8 Å². The van der Waals surface area contributed by atoms with Crippen molar-refractivity contribution in [2.45, 2.75) is 0 Å². The van der Waals surface area contributed by atoms with Gasteiger partial charge in [-0.3, -0.25) is 4.79 Å². The zero-order valence-corrected chi connectivity index (χ0v) is 14.1. The second kappa shape index (κ2) is 6.37. The summed E-state index contributed by atoms with van der Waals surface area (Å²) >= 11 is 0. The number of para-hydroxylation sites is 2. The number of phenolic OH excluding ortho intramolecular Hbond substituents is 1. The average molecular weight is 344 g/mol. The first-order valence-corrected chi connectivity index (χ1v) is 8.11. The van der Waals surface area contributed by atoms with Gasteiger partial charge in [-0.25, -0.2) is 4.68 Å². The van der Waals surface area contributed by atoms with Gasteiger partial charge in [-0.2, -0.15) is 5.10 Å². The number of hydrogen-bond donors (Lipinski definition) is 1. The Bertz CT molecular complexity index is 1110. The molecule has 0 fully saturated rings. The van der Waals surface area contributed by atoms with E-state index in [-0.39, 0.29) is 11.5 Å². The lowest BCUT2D eigenvalue weighted by Crippen LogP contribution is -1.95. The molecule has 0 amide bonds. The van der Waals surface area contributed by atoms with E-state index in [1.165, 1.54) is 19.4 Å². The molecule has 0 radical (unpaired) electrons. The molecule has 0 aliphatic heterocycles. The van der Waals surface area contributed by atoms with Crippen molar-refractivity contribution in [2.75, 3.05) is 7.11 Å². The number of hydrogen-bond acceptors (Lipinski definition) is 4. The van der Waals surface area contributed by atoms with Crippen LogP contribution in [0.4, 0.5) is 0 Å². The highest BCUT2D eigenvalue weighted by atomic mass is 16.5. The highest BCUT2D eigenvalue weighted by Crippen LogP contribution is 2.31. The van der Waals surface area contributed by atoms with Gasteiger partial charge in [-0.05, 0) is 24.3 Å². The second-order valence-electron chi connectivity index (χ2n) is 5.87. The number of phenols is 1. The second-order valence-corrected chi connectivity index (χ2v) is 5.87. The molecule has 5 nitrogen and oxygen atoms in total. The van der Waals surface area contributed by atoms with Crippen molar-refractivity contribution < 1.29 is 14.6 Å². The molecular weight excluding hydrogens is 328 g/mol. The van der Waals surface area contributed by atoms with Gasteiger partial charge in [0.1, 0.15) is 6.29 Å². The number of benzene rings is 3. The average Bonchev–Trinajstić information content (AvgIpc) is 3.01. The maximum atomic E-state index is 11.1. The fourth-order valence-electron chi connectivity index (χ4n) is 3.12. The Hall–Kier alpha value is -3.60. The fourth-order valence-corrected chi connectivity index (χ4v) is 3.12. The number of carbonyl (C=O) groups is 1. The summed E-state index contributed by atoms with van der Waals surface area (Å²) in [6.07, 6.45) is 2.24. The number of fused-ring (bicyclic) bond motifs is 3. The SMILES string of the molecule is COc1cc(C=O)cc(/C=N/n2c3ccccc3c3ccccc32)c1O. The summed E-state index contributed by atoms with van der Waals surface area (Å²) < 4.78 is 6.95. The summed E-state index contributed by atoms with van der Waals surface area (Å²) in [6.45, 7) is 0. The van der Waals surface area contributed by atoms with E-state index in [9.17, 15) is 9.90 Å². The van der Waals surface area contributed by atoms with Crippen LogP contribution >= 0.6 is 0 Å². The molecule has 4 rings (SSSR count). The lowest BCUT2D eigenvalue weighted by atomic mass is 10.1. The van der Waals surface area contributed by atoms with Crippen molar-refractivity contribution in [3.63, 3.8) is 0 Å². The summed E-state index contributed by atoms with van der Waals surface area (Å²) in [7, 11) is 1.44. The molecule has 0 saturated heterocycles. The number of methoxy groups -OCH3 is 1. The van der Waals surface area contributed by atoms with Crippen LogP contribution in [-0.4, -0.2) is 29.4 Å². The molecule has 1 aromatic heterocycles. The molecule has 26 heavy (non-hydrogen) atoms. The zero-order chi connectivity index (χ0) is 18.1. The van der Waals surface area contributed by atoms with Crippen molar-refractivity contribution in [1.29, 1.82) is 0 Å². The van der Waals surface area contributed by atoms with Crippen molar-refractivity contribution in [2.24, 2.45) is 5.10 Å². The molecule has 4 aromatic rings. The Kier molecular flexibility index (Phi) is 3.89. The van der Waals surface area contributed by atoms with Gasteiger partial charge in [0.05, 0.1) is 24.4 Å². The standard InChI is InChI=1S/C21H16N2O3/c1-26-20-11-14(13-24)10-15(21(20)25)12-22-23-18-8-4-2-6-16(18)17-7-3-5-9-19(17)23/h2-13,25H,1H3/b22-12+. The third kappa shape index (κ3) is 2.50. The monoisotopic (exact) mass is 344 g/mol. The molecule has 0 atom stereocenters. The molecule has 1 heterocycles. The Morgan fingerprint density at radius 2 is 1.62 bits per heavy atom. The van der Waals surface area contributed by atoms with Gasteiger partial charge in [-0.15, -0.1) is 0 Å². The number of aromatic nitrogens is 1. The van der Waals surface area contributed by atoms with E-state index in [4.69, 9.17) is 4.74 Å². The summed E-state index contributed by atoms with van der Waals surface area (Å²) in [5, 5.41) is 17.1. The van der Waals surface area contributed by atoms with Gasteiger partial charge in [0.25, 0.3) is 0 Å². The number of rotatable bonds is 4. The Labute approximate surface area is 149 Å². The van der Waals surface area contributed by atoms with E-state index in [0.29, 0.717) is 17.4 Å². The lowest BCUT2D eigenvalue weighted by Gasteiger charge is -2.07. The molecule has 5 heteroatoms. The molecule has 0 aliphatic carbocycles. The number of aldehydes is 1. The van der Waals surface area contributed by atoms with E-state index in [2.05, 4.69) is 17.2 Å². The maximum Gasteiger partial charge on any atom is 0.166 e. The quantitative estimate of drug-likeness (QED) is 0.446. The first-order chi connectivity index (χ1) is 12.7. The van der Waals surface area contributed by atoms with Crippen LogP contribution in [-0.2, 0) is 0 Å². The van der Waals surface area contributed by atoms with E-state index < -0.39 is 0 Å². The van der Waals surface area contributed by atoms with Crippen LogP contribution in [0, 0.1) is 0 Å².